The van der Waals surface area contributed by atoms with Gasteiger partial charge in [-0.05, 0) is 189 Å². The molecule has 3 aliphatic rings. The summed E-state index contributed by atoms with van der Waals surface area (Å²) in [6, 6.07) is 74.3. The zero-order valence-corrected chi connectivity index (χ0v) is 46.9. The van der Waals surface area contributed by atoms with E-state index in [0.717, 1.165) is 42.8 Å². The highest BCUT2D eigenvalue weighted by atomic mass is 32.1. The lowest BCUT2D eigenvalue weighted by molar-refractivity contribution is 0.482. The van der Waals surface area contributed by atoms with E-state index in [4.69, 9.17) is 15.0 Å². The second-order valence-corrected chi connectivity index (χ2v) is 21.7. The number of rotatable bonds is 10. The molecule has 2 aliphatic heterocycles. The predicted octanol–water partition coefficient (Wildman–Crippen LogP) is 19.4. The first-order valence-electron chi connectivity index (χ1n) is 27.9. The van der Waals surface area contributed by atoms with E-state index >= 15 is 0 Å². The molecule has 10 aromatic rings. The average molecular weight is 1050 g/mol. The number of aliphatic imine (C=N–C) groups is 2. The van der Waals surface area contributed by atoms with E-state index in [1.54, 1.807) is 12.3 Å². The Kier molecular flexibility index (Phi) is 15.5. The van der Waals surface area contributed by atoms with Crippen LogP contribution in [0.1, 0.15) is 75.8 Å². The fourth-order valence-electron chi connectivity index (χ4n) is 11.9. The molecule has 4 heterocycles. The standard InChI is InChI=1S/C66H52N4.C7H12.CH4S/c1-66(2)58-20-10-9-19-54(58)55-38-48(27-30-59(55)66)49-29-32-65-57(40-49)56-39-47(28-31-64(56)70(65)53-36-50(43-15-5-3-6-16-43)35-51(37-53)44-17-7-4-8-18-44)45-23-25-46(26-24-45)52-41-62(60-21-11-13-33-67-60)69-63(42-52)61-22-12-14-34-68-61;1-4-5-6-7(2)3;1-2/h3-11,13,15-21,23-41,61,63H,12,14,22,42H2,1-2H3;4-7H,1H2,2-3H3;2H,1H3/b;6-5-;. The van der Waals surface area contributed by atoms with Gasteiger partial charge in [0.15, 0.2) is 0 Å². The van der Waals surface area contributed by atoms with Crippen molar-refractivity contribution in [2.24, 2.45) is 15.9 Å². The zero-order chi connectivity index (χ0) is 54.5. The second-order valence-electron chi connectivity index (χ2n) is 21.7. The van der Waals surface area contributed by atoms with Crippen LogP contribution in [0, 0.1) is 5.92 Å². The van der Waals surface area contributed by atoms with Gasteiger partial charge < -0.3 is 4.57 Å². The fourth-order valence-corrected chi connectivity index (χ4v) is 11.9. The molecule has 390 valence electrons. The quantitative estimate of drug-likeness (QED) is 0.108. The van der Waals surface area contributed by atoms with Gasteiger partial charge in [0.1, 0.15) is 0 Å². The molecule has 2 atom stereocenters. The highest BCUT2D eigenvalue weighted by molar-refractivity contribution is 7.79. The normalized spacial score (nSPS) is 16.1. The molecule has 0 spiro atoms. The van der Waals surface area contributed by atoms with E-state index in [1.165, 1.54) is 99.7 Å². The van der Waals surface area contributed by atoms with Gasteiger partial charge >= 0.3 is 0 Å². The van der Waals surface area contributed by atoms with E-state index < -0.39 is 0 Å². The molecular weight excluding hydrogens is 977 g/mol. The van der Waals surface area contributed by atoms with Gasteiger partial charge in [0.2, 0.25) is 0 Å². The first-order chi connectivity index (χ1) is 38.7. The van der Waals surface area contributed by atoms with Crippen molar-refractivity contribution in [2.45, 2.75) is 70.9 Å². The van der Waals surface area contributed by atoms with Crippen molar-refractivity contribution in [3.63, 3.8) is 0 Å². The van der Waals surface area contributed by atoms with Crippen LogP contribution in [0.3, 0.4) is 0 Å². The molecule has 5 heteroatoms. The van der Waals surface area contributed by atoms with Gasteiger partial charge in [-0.2, -0.15) is 12.6 Å². The van der Waals surface area contributed by atoms with Crippen molar-refractivity contribution in [2.75, 3.05) is 6.26 Å². The SMILES string of the molecule is C=C/C=C\C(C)C.CC1(C)c2ccccc2-c2cc(-c3ccc4c(c3)c3cc(-c5ccc(C6=CC(c7ccccn7)=NC(C7CCCC=N7)C6)cc5)ccc3n4-c3cc(-c4ccccc4)cc(-c4ccccc4)c3)ccc21.CS. The van der Waals surface area contributed by atoms with Crippen LogP contribution in [0.4, 0.5) is 0 Å². The van der Waals surface area contributed by atoms with Crippen LogP contribution in [0.2, 0.25) is 0 Å². The molecule has 1 aliphatic carbocycles. The Morgan fingerprint density at radius 1 is 0.570 bits per heavy atom. The fraction of sp³-hybridized carbons (Fsp3) is 0.176. The molecule has 0 saturated carbocycles. The second kappa shape index (κ2) is 23.3. The third kappa shape index (κ3) is 10.8. The number of fused-ring (bicyclic) bond motifs is 6. The topological polar surface area (TPSA) is 42.5 Å². The molecular formula is C74H68N4S. The smallest absolute Gasteiger partial charge is 0.0881 e. The Labute approximate surface area is 472 Å². The molecule has 0 N–H and O–H groups in total. The van der Waals surface area contributed by atoms with Crippen LogP contribution in [0.25, 0.3) is 88.7 Å². The number of benzene rings is 8. The molecule has 13 rings (SSSR count). The van der Waals surface area contributed by atoms with E-state index in [0.29, 0.717) is 5.92 Å². The molecule has 4 nitrogen and oxygen atoms in total. The Balaban J connectivity index is 0.000000683. The molecule has 79 heavy (non-hydrogen) atoms. The van der Waals surface area contributed by atoms with Gasteiger partial charge in [-0.1, -0.05) is 192 Å². The molecule has 0 saturated heterocycles. The molecule has 0 fully saturated rings. The Hall–Kier alpha value is -8.38. The predicted molar refractivity (Wildman–Crippen MR) is 342 cm³/mol. The number of allylic oxidation sites excluding steroid dienone is 4. The summed E-state index contributed by atoms with van der Waals surface area (Å²) in [5, 5.41) is 2.45. The molecule has 0 amide bonds. The number of hydrogen-bond donors (Lipinski definition) is 1. The maximum atomic E-state index is 5.25. The summed E-state index contributed by atoms with van der Waals surface area (Å²) in [5.74, 6) is 0.651. The van der Waals surface area contributed by atoms with Crippen LogP contribution < -0.4 is 0 Å². The van der Waals surface area contributed by atoms with Gasteiger partial charge in [-0.3, -0.25) is 15.0 Å². The summed E-state index contributed by atoms with van der Waals surface area (Å²) in [5.41, 5.74) is 22.8. The third-order valence-corrected chi connectivity index (χ3v) is 15.8. The van der Waals surface area contributed by atoms with Crippen LogP contribution in [-0.2, 0) is 5.41 Å². The van der Waals surface area contributed by atoms with Gasteiger partial charge in [0.05, 0.1) is 34.5 Å². The highest BCUT2D eigenvalue weighted by Crippen LogP contribution is 2.50. The Morgan fingerprint density at radius 3 is 1.75 bits per heavy atom. The van der Waals surface area contributed by atoms with E-state index in [-0.39, 0.29) is 17.5 Å². The largest absolute Gasteiger partial charge is 0.309 e. The van der Waals surface area contributed by atoms with Gasteiger partial charge in [-0.25, -0.2) is 0 Å². The van der Waals surface area contributed by atoms with Crippen molar-refractivity contribution >= 4 is 51.9 Å². The van der Waals surface area contributed by atoms with Crippen molar-refractivity contribution < 1.29 is 0 Å². The minimum atomic E-state index is -0.0417. The van der Waals surface area contributed by atoms with Crippen LogP contribution in [0.5, 0.6) is 0 Å². The van der Waals surface area contributed by atoms with Gasteiger partial charge in [-0.15, -0.1) is 0 Å². The lowest BCUT2D eigenvalue weighted by atomic mass is 9.82. The molecule has 2 unspecified atom stereocenters. The van der Waals surface area contributed by atoms with Crippen LogP contribution in [0.15, 0.2) is 247 Å². The van der Waals surface area contributed by atoms with Gasteiger partial charge in [0, 0.05) is 28.1 Å². The zero-order valence-electron chi connectivity index (χ0n) is 46.0. The first kappa shape index (κ1) is 52.7. The summed E-state index contributed by atoms with van der Waals surface area (Å²) < 4.78 is 2.48. The maximum Gasteiger partial charge on any atom is 0.0881 e. The van der Waals surface area contributed by atoms with Crippen molar-refractivity contribution in [1.82, 2.24) is 9.55 Å². The summed E-state index contributed by atoms with van der Waals surface area (Å²) in [6.07, 6.45) is 17.9. The number of aromatic nitrogens is 2. The van der Waals surface area contributed by atoms with Gasteiger partial charge in [0.25, 0.3) is 0 Å². The molecule has 8 aromatic carbocycles. The van der Waals surface area contributed by atoms with E-state index in [1.807, 2.05) is 24.4 Å². The summed E-state index contributed by atoms with van der Waals surface area (Å²) in [4.78, 5) is 14.9. The molecule has 0 radical (unpaired) electrons. The monoisotopic (exact) mass is 1040 g/mol. The highest BCUT2D eigenvalue weighted by Gasteiger charge is 2.35. The summed E-state index contributed by atoms with van der Waals surface area (Å²) in [6.45, 7) is 12.5. The van der Waals surface area contributed by atoms with Crippen LogP contribution in [-0.4, -0.2) is 39.8 Å². The van der Waals surface area contributed by atoms with Crippen molar-refractivity contribution in [3.8, 4) is 61.3 Å². The Bertz CT molecular complexity index is 3880. The number of nitrogens with zero attached hydrogens (tertiary/aromatic N) is 4. The molecule has 0 bridgehead atoms. The van der Waals surface area contributed by atoms with E-state index in [9.17, 15) is 0 Å². The Morgan fingerprint density at radius 2 is 1.14 bits per heavy atom. The lowest BCUT2D eigenvalue weighted by Gasteiger charge is -2.28. The summed E-state index contributed by atoms with van der Waals surface area (Å²) in [7, 11) is 0. The summed E-state index contributed by atoms with van der Waals surface area (Å²) >= 11 is 3.53. The number of pyridine rings is 1. The minimum absolute atomic E-state index is 0.0417. The number of thiol groups is 1. The first-order valence-corrected chi connectivity index (χ1v) is 28.7. The van der Waals surface area contributed by atoms with E-state index in [2.05, 4.69) is 258 Å². The minimum Gasteiger partial charge on any atom is -0.309 e. The third-order valence-electron chi connectivity index (χ3n) is 15.8. The van der Waals surface area contributed by atoms with Crippen LogP contribution >= 0.6 is 12.6 Å². The maximum absolute atomic E-state index is 5.25. The number of dihydropyridines is 1. The molecule has 2 aromatic heterocycles. The van der Waals surface area contributed by atoms with Crippen molar-refractivity contribution in [3.05, 3.63) is 260 Å². The lowest BCUT2D eigenvalue weighted by Crippen LogP contribution is -2.29. The number of hydrogen-bond acceptors (Lipinski definition) is 4. The average Bonchev–Trinajstić information content (AvgIpc) is 4.00. The van der Waals surface area contributed by atoms with Crippen molar-refractivity contribution in [1.29, 1.82) is 0 Å².